The first-order valence-corrected chi connectivity index (χ1v) is 6.74. The molecule has 19 heavy (non-hydrogen) atoms. The standard InChI is InChI=1S/C18H20O/c1-3-17(14-11-16-7-5-4-6-8-16)19-18-12-9-15(2)10-13-18/h4-14,17H,3H2,1-2H3/b14-11+. The molecule has 0 aromatic heterocycles. The highest BCUT2D eigenvalue weighted by molar-refractivity contribution is 5.49. The van der Waals surface area contributed by atoms with Crippen molar-refractivity contribution in [1.82, 2.24) is 0 Å². The predicted octanol–water partition coefficient (Wildman–Crippen LogP) is 4.87. The van der Waals surface area contributed by atoms with Crippen LogP contribution < -0.4 is 4.74 Å². The maximum absolute atomic E-state index is 5.95. The van der Waals surface area contributed by atoms with Crippen molar-refractivity contribution in [3.05, 3.63) is 71.8 Å². The van der Waals surface area contributed by atoms with Gasteiger partial charge < -0.3 is 4.74 Å². The van der Waals surface area contributed by atoms with E-state index in [2.05, 4.69) is 50.3 Å². The third kappa shape index (κ3) is 4.29. The zero-order chi connectivity index (χ0) is 13.5. The Bertz CT molecular complexity index is 511. The van der Waals surface area contributed by atoms with Gasteiger partial charge in [0.1, 0.15) is 11.9 Å². The molecule has 0 saturated carbocycles. The van der Waals surface area contributed by atoms with Gasteiger partial charge >= 0.3 is 0 Å². The van der Waals surface area contributed by atoms with Crippen LogP contribution in [0.2, 0.25) is 0 Å². The van der Waals surface area contributed by atoms with Gasteiger partial charge in [-0.2, -0.15) is 0 Å². The van der Waals surface area contributed by atoms with E-state index in [0.29, 0.717) is 0 Å². The summed E-state index contributed by atoms with van der Waals surface area (Å²) in [7, 11) is 0. The van der Waals surface area contributed by atoms with Gasteiger partial charge in [0, 0.05) is 0 Å². The molecule has 1 atom stereocenters. The van der Waals surface area contributed by atoms with Gasteiger partial charge in [0.25, 0.3) is 0 Å². The Labute approximate surface area is 115 Å². The Balaban J connectivity index is 2.00. The molecule has 1 heteroatoms. The average molecular weight is 252 g/mol. The predicted molar refractivity (Wildman–Crippen MR) is 81.4 cm³/mol. The van der Waals surface area contributed by atoms with Crippen LogP contribution in [0.1, 0.15) is 24.5 Å². The maximum atomic E-state index is 5.95. The lowest BCUT2D eigenvalue weighted by Crippen LogP contribution is -2.11. The molecule has 2 aromatic carbocycles. The molecule has 0 aliphatic heterocycles. The topological polar surface area (TPSA) is 9.23 Å². The van der Waals surface area contributed by atoms with Gasteiger partial charge in [-0.15, -0.1) is 0 Å². The van der Waals surface area contributed by atoms with Crippen molar-refractivity contribution in [2.24, 2.45) is 0 Å². The molecule has 2 aromatic rings. The molecule has 2 rings (SSSR count). The van der Waals surface area contributed by atoms with E-state index in [-0.39, 0.29) is 6.10 Å². The van der Waals surface area contributed by atoms with Gasteiger partial charge in [-0.05, 0) is 37.1 Å². The zero-order valence-corrected chi connectivity index (χ0v) is 11.5. The second kappa shape index (κ2) is 6.79. The van der Waals surface area contributed by atoms with E-state index in [4.69, 9.17) is 4.74 Å². The zero-order valence-electron chi connectivity index (χ0n) is 11.5. The summed E-state index contributed by atoms with van der Waals surface area (Å²) in [5, 5.41) is 0. The lowest BCUT2D eigenvalue weighted by Gasteiger charge is -2.14. The van der Waals surface area contributed by atoms with Gasteiger partial charge in [0.15, 0.2) is 0 Å². The van der Waals surface area contributed by atoms with Crippen LogP contribution in [0.5, 0.6) is 5.75 Å². The SMILES string of the molecule is CCC(/C=C/c1ccccc1)Oc1ccc(C)cc1. The lowest BCUT2D eigenvalue weighted by atomic mass is 10.1. The van der Waals surface area contributed by atoms with Crippen LogP contribution in [0.25, 0.3) is 6.08 Å². The van der Waals surface area contributed by atoms with E-state index in [9.17, 15) is 0 Å². The van der Waals surface area contributed by atoms with Crippen LogP contribution in [0.15, 0.2) is 60.7 Å². The molecule has 98 valence electrons. The summed E-state index contributed by atoms with van der Waals surface area (Å²) in [6.45, 7) is 4.21. The first-order valence-electron chi connectivity index (χ1n) is 6.74. The minimum Gasteiger partial charge on any atom is -0.486 e. The van der Waals surface area contributed by atoms with Crippen molar-refractivity contribution in [3.8, 4) is 5.75 Å². The molecule has 1 nitrogen and oxygen atoms in total. The molecule has 0 heterocycles. The molecular formula is C18H20O. The van der Waals surface area contributed by atoms with Crippen LogP contribution in [0.3, 0.4) is 0 Å². The third-order valence-corrected chi connectivity index (χ3v) is 3.01. The highest BCUT2D eigenvalue weighted by atomic mass is 16.5. The van der Waals surface area contributed by atoms with Crippen molar-refractivity contribution in [3.63, 3.8) is 0 Å². The van der Waals surface area contributed by atoms with Crippen LogP contribution in [0.4, 0.5) is 0 Å². The van der Waals surface area contributed by atoms with Crippen LogP contribution in [-0.2, 0) is 0 Å². The summed E-state index contributed by atoms with van der Waals surface area (Å²) in [6, 6.07) is 18.5. The molecule has 0 aliphatic carbocycles. The second-order valence-corrected chi connectivity index (χ2v) is 4.65. The van der Waals surface area contributed by atoms with E-state index >= 15 is 0 Å². The van der Waals surface area contributed by atoms with Gasteiger partial charge in [0.05, 0.1) is 0 Å². The number of hydrogen-bond acceptors (Lipinski definition) is 1. The normalized spacial score (nSPS) is 12.5. The van der Waals surface area contributed by atoms with Gasteiger partial charge in [-0.1, -0.05) is 61.0 Å². The smallest absolute Gasteiger partial charge is 0.120 e. The molecule has 0 spiro atoms. The first kappa shape index (κ1) is 13.4. The fourth-order valence-corrected chi connectivity index (χ4v) is 1.83. The summed E-state index contributed by atoms with van der Waals surface area (Å²) in [4.78, 5) is 0. The summed E-state index contributed by atoms with van der Waals surface area (Å²) >= 11 is 0. The quantitative estimate of drug-likeness (QED) is 0.738. The molecular weight excluding hydrogens is 232 g/mol. The fraction of sp³-hybridized carbons (Fsp3) is 0.222. The summed E-state index contributed by atoms with van der Waals surface area (Å²) in [5.74, 6) is 0.926. The largest absolute Gasteiger partial charge is 0.486 e. The van der Waals surface area contributed by atoms with Gasteiger partial charge in [-0.3, -0.25) is 0 Å². The highest BCUT2D eigenvalue weighted by Crippen LogP contribution is 2.15. The van der Waals surface area contributed by atoms with Crippen molar-refractivity contribution >= 4 is 6.08 Å². The molecule has 1 unspecified atom stereocenters. The Morgan fingerprint density at radius 3 is 2.32 bits per heavy atom. The Kier molecular flexibility index (Phi) is 4.79. The van der Waals surface area contributed by atoms with E-state index < -0.39 is 0 Å². The first-order chi connectivity index (χ1) is 9.28. The summed E-state index contributed by atoms with van der Waals surface area (Å²) in [5.41, 5.74) is 2.45. The van der Waals surface area contributed by atoms with Gasteiger partial charge in [0.2, 0.25) is 0 Å². The molecule has 0 aliphatic rings. The number of hydrogen-bond donors (Lipinski definition) is 0. The number of benzene rings is 2. The van der Waals surface area contributed by atoms with E-state index in [1.54, 1.807) is 0 Å². The van der Waals surface area contributed by atoms with E-state index in [1.165, 1.54) is 11.1 Å². The molecule has 0 bridgehead atoms. The Morgan fingerprint density at radius 2 is 1.68 bits per heavy atom. The van der Waals surface area contributed by atoms with Gasteiger partial charge in [-0.25, -0.2) is 0 Å². The summed E-state index contributed by atoms with van der Waals surface area (Å²) < 4.78 is 5.95. The maximum Gasteiger partial charge on any atom is 0.120 e. The van der Waals surface area contributed by atoms with Crippen molar-refractivity contribution in [1.29, 1.82) is 0 Å². The molecule has 0 N–H and O–H groups in total. The lowest BCUT2D eigenvalue weighted by molar-refractivity contribution is 0.246. The molecule has 0 saturated heterocycles. The minimum absolute atomic E-state index is 0.114. The monoisotopic (exact) mass is 252 g/mol. The van der Waals surface area contributed by atoms with Crippen LogP contribution >= 0.6 is 0 Å². The Hall–Kier alpha value is -2.02. The third-order valence-electron chi connectivity index (χ3n) is 3.01. The molecule has 0 fully saturated rings. The van der Waals surface area contributed by atoms with Crippen LogP contribution in [0, 0.1) is 6.92 Å². The average Bonchev–Trinajstić information content (AvgIpc) is 2.46. The molecule has 0 amide bonds. The number of ether oxygens (including phenoxy) is 1. The minimum atomic E-state index is 0.114. The van der Waals surface area contributed by atoms with Crippen molar-refractivity contribution in [2.45, 2.75) is 26.4 Å². The van der Waals surface area contributed by atoms with Crippen molar-refractivity contribution in [2.75, 3.05) is 0 Å². The number of rotatable bonds is 5. The fourth-order valence-electron chi connectivity index (χ4n) is 1.83. The van der Waals surface area contributed by atoms with E-state index in [1.807, 2.05) is 30.3 Å². The highest BCUT2D eigenvalue weighted by Gasteiger charge is 2.03. The molecule has 0 radical (unpaired) electrons. The Morgan fingerprint density at radius 1 is 1.00 bits per heavy atom. The second-order valence-electron chi connectivity index (χ2n) is 4.65. The van der Waals surface area contributed by atoms with E-state index in [0.717, 1.165) is 12.2 Å². The van der Waals surface area contributed by atoms with Crippen LogP contribution in [-0.4, -0.2) is 6.10 Å². The number of aryl methyl sites for hydroxylation is 1. The summed E-state index contributed by atoms with van der Waals surface area (Å²) in [6.07, 6.45) is 5.30. The van der Waals surface area contributed by atoms with Crippen molar-refractivity contribution < 1.29 is 4.74 Å².